The van der Waals surface area contributed by atoms with E-state index in [0.29, 0.717) is 11.7 Å². The number of H-pyrrole nitrogens is 1. The zero-order valence-electron chi connectivity index (χ0n) is 17.6. The molecule has 1 aromatic carbocycles. The van der Waals surface area contributed by atoms with Crippen molar-refractivity contribution in [2.45, 2.75) is 49.6 Å². The second kappa shape index (κ2) is 8.37. The molecule has 0 aliphatic heterocycles. The molecular weight excluding hydrogens is 446 g/mol. The minimum absolute atomic E-state index is 0.0152. The molecule has 4 aromatic rings. The molecule has 2 atom stereocenters. The van der Waals surface area contributed by atoms with E-state index in [2.05, 4.69) is 46.5 Å². The van der Waals surface area contributed by atoms with Crippen molar-refractivity contribution in [3.63, 3.8) is 0 Å². The smallest absolute Gasteiger partial charge is 0.259 e. The van der Waals surface area contributed by atoms with Crippen LogP contribution in [0.2, 0.25) is 0 Å². The van der Waals surface area contributed by atoms with E-state index in [1.165, 1.54) is 27.3 Å². The number of aryl methyl sites for hydroxylation is 2. The summed E-state index contributed by atoms with van der Waals surface area (Å²) in [6.07, 6.45) is 3.17. The Kier molecular flexibility index (Phi) is 5.58. The number of fused-ring (bicyclic) bond motifs is 3. The zero-order chi connectivity index (χ0) is 21.5. The van der Waals surface area contributed by atoms with Crippen LogP contribution in [0.4, 0.5) is 10.8 Å². The Morgan fingerprint density at radius 1 is 1.29 bits per heavy atom. The van der Waals surface area contributed by atoms with Crippen molar-refractivity contribution in [1.29, 1.82) is 0 Å². The Bertz CT molecular complexity index is 1310. The number of aromatic amines is 1. The van der Waals surface area contributed by atoms with Gasteiger partial charge < -0.3 is 10.3 Å². The molecule has 0 amide bonds. The predicted molar refractivity (Wildman–Crippen MR) is 130 cm³/mol. The Hall–Kier alpha value is -2.23. The van der Waals surface area contributed by atoms with Crippen molar-refractivity contribution >= 4 is 55.5 Å². The molecule has 2 unspecified atom stereocenters. The lowest BCUT2D eigenvalue weighted by Crippen LogP contribution is -2.15. The van der Waals surface area contributed by atoms with Crippen LogP contribution in [0, 0.1) is 12.8 Å². The molecule has 3 aromatic heterocycles. The van der Waals surface area contributed by atoms with Crippen LogP contribution in [0.1, 0.15) is 47.3 Å². The number of rotatable bonds is 5. The van der Waals surface area contributed by atoms with E-state index >= 15 is 0 Å². The van der Waals surface area contributed by atoms with E-state index < -0.39 is 0 Å². The predicted octanol–water partition coefficient (Wildman–Crippen LogP) is 5.87. The van der Waals surface area contributed by atoms with Crippen LogP contribution >= 0.6 is 34.4 Å². The Labute approximate surface area is 192 Å². The van der Waals surface area contributed by atoms with Gasteiger partial charge in [0.2, 0.25) is 5.13 Å². The highest BCUT2D eigenvalue weighted by atomic mass is 32.2. The molecule has 31 heavy (non-hydrogen) atoms. The lowest BCUT2D eigenvalue weighted by Gasteiger charge is -2.17. The lowest BCUT2D eigenvalue weighted by molar-refractivity contribution is 0.509. The van der Waals surface area contributed by atoms with Gasteiger partial charge in [0.25, 0.3) is 5.56 Å². The van der Waals surface area contributed by atoms with Crippen molar-refractivity contribution < 1.29 is 0 Å². The average molecular weight is 470 g/mol. The van der Waals surface area contributed by atoms with Gasteiger partial charge in [0.15, 0.2) is 4.34 Å². The number of nitrogens with one attached hydrogen (secondary N) is 2. The van der Waals surface area contributed by atoms with Crippen LogP contribution in [0.15, 0.2) is 33.4 Å². The van der Waals surface area contributed by atoms with Gasteiger partial charge in [-0.15, -0.1) is 21.5 Å². The van der Waals surface area contributed by atoms with Gasteiger partial charge in [0, 0.05) is 10.6 Å². The summed E-state index contributed by atoms with van der Waals surface area (Å²) >= 11 is 4.75. The molecule has 9 heteroatoms. The second-order valence-electron chi connectivity index (χ2n) is 8.11. The van der Waals surface area contributed by atoms with Crippen molar-refractivity contribution in [2.75, 3.05) is 5.32 Å². The fraction of sp³-hybridized carbons (Fsp3) is 0.364. The highest BCUT2D eigenvalue weighted by molar-refractivity contribution is 8.01. The van der Waals surface area contributed by atoms with E-state index in [9.17, 15) is 4.79 Å². The van der Waals surface area contributed by atoms with Gasteiger partial charge in [-0.05, 0) is 62.3 Å². The van der Waals surface area contributed by atoms with Crippen LogP contribution in [0.5, 0.6) is 0 Å². The highest BCUT2D eigenvalue weighted by Gasteiger charge is 2.24. The Morgan fingerprint density at radius 3 is 3.00 bits per heavy atom. The van der Waals surface area contributed by atoms with Crippen molar-refractivity contribution in [3.05, 3.63) is 56.4 Å². The van der Waals surface area contributed by atoms with Gasteiger partial charge in [-0.3, -0.25) is 4.79 Å². The monoisotopic (exact) mass is 469 g/mol. The number of benzene rings is 1. The summed E-state index contributed by atoms with van der Waals surface area (Å²) in [5, 5.41) is 13.4. The lowest BCUT2D eigenvalue weighted by atomic mass is 9.89. The average Bonchev–Trinajstić information content (AvgIpc) is 3.31. The van der Waals surface area contributed by atoms with Crippen LogP contribution in [0.3, 0.4) is 0 Å². The maximum Gasteiger partial charge on any atom is 0.259 e. The van der Waals surface area contributed by atoms with E-state index in [0.717, 1.165) is 44.6 Å². The summed E-state index contributed by atoms with van der Waals surface area (Å²) < 4.78 is 0.838. The normalized spacial score (nSPS) is 16.9. The van der Waals surface area contributed by atoms with Gasteiger partial charge in [-0.25, -0.2) is 4.98 Å². The van der Waals surface area contributed by atoms with E-state index in [1.54, 1.807) is 23.1 Å². The number of aromatic nitrogens is 4. The fourth-order valence-electron chi connectivity index (χ4n) is 3.92. The molecule has 0 fully saturated rings. The van der Waals surface area contributed by atoms with Crippen LogP contribution in [0.25, 0.3) is 10.2 Å². The van der Waals surface area contributed by atoms with Crippen LogP contribution < -0.4 is 10.9 Å². The maximum atomic E-state index is 12.9. The first kappa shape index (κ1) is 20.7. The topological polar surface area (TPSA) is 83.6 Å². The molecule has 0 radical (unpaired) electrons. The first-order chi connectivity index (χ1) is 15.0. The Balaban J connectivity index is 1.35. The number of hydrogen-bond acceptors (Lipinski definition) is 8. The first-order valence-corrected chi connectivity index (χ1v) is 12.9. The number of thioether (sulfide) groups is 1. The number of anilines is 2. The number of thiophene rings is 1. The molecule has 0 saturated carbocycles. The van der Waals surface area contributed by atoms with Gasteiger partial charge in [0.05, 0.1) is 10.6 Å². The second-order valence-corrected chi connectivity index (χ2v) is 11.8. The highest BCUT2D eigenvalue weighted by Crippen LogP contribution is 2.39. The van der Waals surface area contributed by atoms with Crippen molar-refractivity contribution in [1.82, 2.24) is 20.2 Å². The molecule has 1 aliphatic carbocycles. The van der Waals surface area contributed by atoms with Crippen molar-refractivity contribution in [2.24, 2.45) is 5.92 Å². The molecule has 1 aliphatic rings. The van der Waals surface area contributed by atoms with Gasteiger partial charge >= 0.3 is 0 Å². The summed E-state index contributed by atoms with van der Waals surface area (Å²) in [6, 6.07) is 8.15. The summed E-state index contributed by atoms with van der Waals surface area (Å²) in [5.74, 6) is 1.37. The summed E-state index contributed by atoms with van der Waals surface area (Å²) in [5.41, 5.74) is 3.38. The van der Waals surface area contributed by atoms with E-state index in [1.807, 2.05) is 19.1 Å². The van der Waals surface area contributed by atoms with Gasteiger partial charge in [-0.2, -0.15) is 0 Å². The SMILES string of the molecule is Cc1cccc(Nc2nnc(SC(C)c3nc4sc5c(c4c(=O)[nH]3)CCC(C)C5)s2)c1. The number of nitrogens with zero attached hydrogens (tertiary/aromatic N) is 3. The Morgan fingerprint density at radius 2 is 2.16 bits per heavy atom. The molecule has 0 bridgehead atoms. The van der Waals surface area contributed by atoms with Crippen molar-refractivity contribution in [3.8, 4) is 0 Å². The standard InChI is InChI=1S/C22H23N5OS3/c1-11-5-4-6-14(9-11)23-21-26-27-22(31-21)29-13(3)18-24-19(28)17-15-8-7-12(2)10-16(15)30-20(17)25-18/h4-6,9,12-13H,7-8,10H2,1-3H3,(H,23,26)(H,24,25,28). The molecule has 0 saturated heterocycles. The van der Waals surface area contributed by atoms with Gasteiger partial charge in [0.1, 0.15) is 10.7 Å². The minimum atomic E-state index is -0.0325. The first-order valence-electron chi connectivity index (χ1n) is 10.3. The third-order valence-corrected chi connectivity index (χ3v) is 8.70. The minimum Gasteiger partial charge on any atom is -0.330 e. The third-order valence-electron chi connectivity index (χ3n) is 5.52. The molecule has 3 heterocycles. The maximum absolute atomic E-state index is 12.9. The summed E-state index contributed by atoms with van der Waals surface area (Å²) in [7, 11) is 0. The fourth-order valence-corrected chi connectivity index (χ4v) is 7.28. The zero-order valence-corrected chi connectivity index (χ0v) is 20.0. The number of hydrogen-bond donors (Lipinski definition) is 2. The molecule has 2 N–H and O–H groups in total. The molecule has 5 rings (SSSR count). The van der Waals surface area contributed by atoms with Crippen LogP contribution in [-0.2, 0) is 12.8 Å². The molecular formula is C22H23N5OS3. The van der Waals surface area contributed by atoms with Gasteiger partial charge in [-0.1, -0.05) is 42.2 Å². The third kappa shape index (κ3) is 4.26. The summed E-state index contributed by atoms with van der Waals surface area (Å²) in [6.45, 7) is 6.38. The quantitative estimate of drug-likeness (QED) is 0.356. The molecule has 160 valence electrons. The van der Waals surface area contributed by atoms with Crippen LogP contribution in [-0.4, -0.2) is 20.2 Å². The largest absolute Gasteiger partial charge is 0.330 e. The molecule has 0 spiro atoms. The summed E-state index contributed by atoms with van der Waals surface area (Å²) in [4.78, 5) is 22.9. The van der Waals surface area contributed by atoms with E-state index in [4.69, 9.17) is 4.98 Å². The van der Waals surface area contributed by atoms with E-state index in [-0.39, 0.29) is 10.8 Å². The molecule has 6 nitrogen and oxygen atoms in total.